The highest BCUT2D eigenvalue weighted by Gasteiger charge is 2.37. The number of hydrogen-bond acceptors (Lipinski definition) is 5. The molecular weight excluding hydrogens is 445 g/mol. The van der Waals surface area contributed by atoms with Crippen molar-refractivity contribution in [1.29, 1.82) is 0 Å². The van der Waals surface area contributed by atoms with Gasteiger partial charge < -0.3 is 5.32 Å². The molecule has 2 aliphatic carbocycles. The maximum absolute atomic E-state index is 15.2. The predicted octanol–water partition coefficient (Wildman–Crippen LogP) is 4.14. The molecule has 8 nitrogen and oxygen atoms in total. The van der Waals surface area contributed by atoms with E-state index in [1.165, 1.54) is 30.1 Å². The Balaban J connectivity index is 1.21. The van der Waals surface area contributed by atoms with Gasteiger partial charge in [0.2, 0.25) is 0 Å². The molecule has 3 fully saturated rings. The second-order valence-electron chi connectivity index (χ2n) is 9.99. The zero-order valence-electron chi connectivity index (χ0n) is 19.3. The van der Waals surface area contributed by atoms with E-state index in [1.807, 2.05) is 12.1 Å². The average Bonchev–Trinajstić information content (AvgIpc) is 3.44. The standard InChI is InChI=1S/C26H26FN7O/c27-21-11-17(16-5-6-16)7-8-23(21)34-24(12-22(31-34)18-14-32(15-18)19-3-1-4-19)30-26(35)20-13-29-33-10-2-9-28-25(20)33/h2,7-13,16,18-19H,1,3-6,14-15H2,(H,30,35). The normalized spacial score (nSPS) is 19.0. The van der Waals surface area contributed by atoms with Gasteiger partial charge in [0.15, 0.2) is 5.65 Å². The van der Waals surface area contributed by atoms with Crippen LogP contribution in [0.2, 0.25) is 0 Å². The van der Waals surface area contributed by atoms with Crippen LogP contribution in [-0.4, -0.2) is 54.3 Å². The van der Waals surface area contributed by atoms with Crippen LogP contribution >= 0.6 is 0 Å². The smallest absolute Gasteiger partial charge is 0.262 e. The monoisotopic (exact) mass is 471 g/mol. The van der Waals surface area contributed by atoms with E-state index in [1.54, 1.807) is 35.1 Å². The summed E-state index contributed by atoms with van der Waals surface area (Å²) in [5, 5.41) is 11.9. The number of hydrogen-bond donors (Lipinski definition) is 1. The first-order chi connectivity index (χ1) is 17.1. The zero-order valence-corrected chi connectivity index (χ0v) is 19.3. The second-order valence-corrected chi connectivity index (χ2v) is 9.99. The third-order valence-electron chi connectivity index (χ3n) is 7.66. The molecule has 4 aromatic rings. The summed E-state index contributed by atoms with van der Waals surface area (Å²) in [7, 11) is 0. The SMILES string of the molecule is O=C(Nc1cc(C2CN(C3CCC3)C2)nn1-c1ccc(C2CC2)cc1F)c1cnn2cccnc12. The number of carbonyl (C=O) groups excluding carboxylic acids is 1. The lowest BCUT2D eigenvalue weighted by molar-refractivity contribution is 0.0462. The van der Waals surface area contributed by atoms with Gasteiger partial charge in [-0.1, -0.05) is 12.5 Å². The average molecular weight is 472 g/mol. The van der Waals surface area contributed by atoms with Crippen molar-refractivity contribution in [2.24, 2.45) is 0 Å². The van der Waals surface area contributed by atoms with Crippen molar-refractivity contribution in [3.8, 4) is 5.69 Å². The lowest BCUT2D eigenvalue weighted by Crippen LogP contribution is -2.53. The van der Waals surface area contributed by atoms with Crippen molar-refractivity contribution in [3.05, 3.63) is 71.6 Å². The molecule has 1 amide bonds. The molecule has 7 rings (SSSR count). The Bertz CT molecular complexity index is 1430. The largest absolute Gasteiger partial charge is 0.306 e. The van der Waals surface area contributed by atoms with Crippen LogP contribution in [0.15, 0.2) is 48.9 Å². The fraction of sp³-hybridized carbons (Fsp3) is 0.385. The summed E-state index contributed by atoms with van der Waals surface area (Å²) in [4.78, 5) is 20.0. The molecule has 0 atom stereocenters. The second kappa shape index (κ2) is 7.98. The number of likely N-dealkylation sites (tertiary alicyclic amines) is 1. The Morgan fingerprint density at radius 2 is 1.94 bits per heavy atom. The topological polar surface area (TPSA) is 80.4 Å². The van der Waals surface area contributed by atoms with E-state index in [0.717, 1.165) is 37.2 Å². The van der Waals surface area contributed by atoms with Crippen LogP contribution in [0, 0.1) is 5.82 Å². The Hall–Kier alpha value is -3.59. The van der Waals surface area contributed by atoms with Gasteiger partial charge in [-0.15, -0.1) is 0 Å². The van der Waals surface area contributed by atoms with Gasteiger partial charge >= 0.3 is 0 Å². The van der Waals surface area contributed by atoms with Gasteiger partial charge in [-0.05, 0) is 55.4 Å². The van der Waals surface area contributed by atoms with Crippen LogP contribution in [-0.2, 0) is 0 Å². The first-order valence-corrected chi connectivity index (χ1v) is 12.4. The molecular formula is C26H26FN7O. The number of halogens is 1. The van der Waals surface area contributed by atoms with E-state index in [-0.39, 0.29) is 17.6 Å². The van der Waals surface area contributed by atoms with E-state index < -0.39 is 0 Å². The van der Waals surface area contributed by atoms with E-state index in [4.69, 9.17) is 5.10 Å². The van der Waals surface area contributed by atoms with Gasteiger partial charge in [0.25, 0.3) is 5.91 Å². The molecule has 0 spiro atoms. The van der Waals surface area contributed by atoms with Crippen molar-refractivity contribution in [2.75, 3.05) is 18.4 Å². The lowest BCUT2D eigenvalue weighted by Gasteiger charge is -2.47. The first-order valence-electron chi connectivity index (χ1n) is 12.4. The number of nitrogens with one attached hydrogen (secondary N) is 1. The van der Waals surface area contributed by atoms with E-state index >= 15 is 4.39 Å². The van der Waals surface area contributed by atoms with Crippen LogP contribution in [0.25, 0.3) is 11.3 Å². The van der Waals surface area contributed by atoms with Crippen LogP contribution < -0.4 is 5.32 Å². The minimum Gasteiger partial charge on any atom is -0.306 e. The number of benzene rings is 1. The van der Waals surface area contributed by atoms with Crippen LogP contribution in [0.3, 0.4) is 0 Å². The van der Waals surface area contributed by atoms with E-state index in [2.05, 4.69) is 20.3 Å². The maximum Gasteiger partial charge on any atom is 0.262 e. The molecule has 4 heterocycles. The minimum atomic E-state index is -0.355. The molecule has 0 bridgehead atoms. The number of carbonyl (C=O) groups is 1. The minimum absolute atomic E-state index is 0.278. The molecule has 2 saturated carbocycles. The molecule has 3 aromatic heterocycles. The summed E-state index contributed by atoms with van der Waals surface area (Å²) in [5.41, 5.74) is 3.05. The fourth-order valence-electron chi connectivity index (χ4n) is 5.16. The number of anilines is 1. The van der Waals surface area contributed by atoms with Gasteiger partial charge in [-0.25, -0.2) is 18.6 Å². The van der Waals surface area contributed by atoms with Gasteiger partial charge in [0, 0.05) is 43.5 Å². The van der Waals surface area contributed by atoms with Crippen molar-refractivity contribution >= 4 is 17.4 Å². The first kappa shape index (κ1) is 20.8. The van der Waals surface area contributed by atoms with Crippen molar-refractivity contribution in [3.63, 3.8) is 0 Å². The van der Waals surface area contributed by atoms with Crippen LogP contribution in [0.1, 0.15) is 65.6 Å². The third-order valence-corrected chi connectivity index (χ3v) is 7.66. The summed E-state index contributed by atoms with van der Waals surface area (Å²) in [6.07, 6.45) is 10.9. The molecule has 178 valence electrons. The molecule has 1 aliphatic heterocycles. The molecule has 1 saturated heterocycles. The third kappa shape index (κ3) is 3.61. The Morgan fingerprint density at radius 3 is 2.69 bits per heavy atom. The predicted molar refractivity (Wildman–Crippen MR) is 128 cm³/mol. The summed E-state index contributed by atoms with van der Waals surface area (Å²) >= 11 is 0. The lowest BCUT2D eigenvalue weighted by atomic mass is 9.85. The fourth-order valence-corrected chi connectivity index (χ4v) is 5.16. The van der Waals surface area contributed by atoms with Gasteiger partial charge in [-0.3, -0.25) is 9.69 Å². The van der Waals surface area contributed by atoms with E-state index in [0.29, 0.717) is 34.7 Å². The molecule has 0 radical (unpaired) electrons. The van der Waals surface area contributed by atoms with Crippen molar-refractivity contribution in [2.45, 2.75) is 50.0 Å². The van der Waals surface area contributed by atoms with Crippen LogP contribution in [0.4, 0.5) is 10.2 Å². The Labute approximate surface area is 201 Å². The number of nitrogens with zero attached hydrogens (tertiary/aromatic N) is 6. The van der Waals surface area contributed by atoms with Crippen LogP contribution in [0.5, 0.6) is 0 Å². The maximum atomic E-state index is 15.2. The Kier molecular flexibility index (Phi) is 4.73. The molecule has 3 aliphatic rings. The number of amides is 1. The van der Waals surface area contributed by atoms with Gasteiger partial charge in [-0.2, -0.15) is 10.2 Å². The summed E-state index contributed by atoms with van der Waals surface area (Å²) < 4.78 is 18.3. The number of rotatable bonds is 6. The summed E-state index contributed by atoms with van der Waals surface area (Å²) in [6.45, 7) is 1.91. The highest BCUT2D eigenvalue weighted by molar-refractivity contribution is 6.07. The number of fused-ring (bicyclic) bond motifs is 1. The van der Waals surface area contributed by atoms with Gasteiger partial charge in [0.05, 0.1) is 11.9 Å². The number of aromatic nitrogens is 5. The van der Waals surface area contributed by atoms with Crippen molar-refractivity contribution in [1.82, 2.24) is 29.3 Å². The summed E-state index contributed by atoms with van der Waals surface area (Å²) in [5.74, 6) is 0.495. The van der Waals surface area contributed by atoms with Crippen molar-refractivity contribution < 1.29 is 9.18 Å². The molecule has 0 unspecified atom stereocenters. The highest BCUT2D eigenvalue weighted by atomic mass is 19.1. The molecule has 1 aromatic carbocycles. The zero-order chi connectivity index (χ0) is 23.5. The Morgan fingerprint density at radius 1 is 1.09 bits per heavy atom. The van der Waals surface area contributed by atoms with E-state index in [9.17, 15) is 4.79 Å². The molecule has 9 heteroatoms. The highest BCUT2D eigenvalue weighted by Crippen LogP contribution is 2.41. The quantitative estimate of drug-likeness (QED) is 0.457. The van der Waals surface area contributed by atoms with Gasteiger partial charge in [0.1, 0.15) is 22.9 Å². The summed E-state index contributed by atoms with van der Waals surface area (Å²) in [6, 6.07) is 9.68. The molecule has 1 N–H and O–H groups in total. The molecule has 35 heavy (non-hydrogen) atoms.